The maximum atomic E-state index is 12.6. The van der Waals surface area contributed by atoms with E-state index in [9.17, 15) is 9.90 Å². The summed E-state index contributed by atoms with van der Waals surface area (Å²) < 4.78 is 5.86. The van der Waals surface area contributed by atoms with Gasteiger partial charge in [0, 0.05) is 30.0 Å². The predicted molar refractivity (Wildman–Crippen MR) is 94.9 cm³/mol. The number of aliphatic hydroxyl groups is 1. The summed E-state index contributed by atoms with van der Waals surface area (Å²) in [6.07, 6.45) is 6.84. The Labute approximate surface area is 152 Å². The van der Waals surface area contributed by atoms with Crippen molar-refractivity contribution in [1.29, 1.82) is 0 Å². The third-order valence-electron chi connectivity index (χ3n) is 6.10. The van der Waals surface area contributed by atoms with E-state index in [1.165, 1.54) is 22.9 Å². The van der Waals surface area contributed by atoms with Gasteiger partial charge in [0.2, 0.25) is 0 Å². The minimum Gasteiger partial charge on any atom is -0.461 e. The smallest absolute Gasteiger partial charge is 0.310 e. The van der Waals surface area contributed by atoms with E-state index < -0.39 is 5.60 Å². The van der Waals surface area contributed by atoms with E-state index in [1.54, 1.807) is 18.5 Å². The van der Waals surface area contributed by atoms with Crippen molar-refractivity contribution in [3.63, 3.8) is 0 Å². The van der Waals surface area contributed by atoms with Crippen molar-refractivity contribution in [2.24, 2.45) is 17.8 Å². The molecule has 2 heterocycles. The van der Waals surface area contributed by atoms with Crippen molar-refractivity contribution in [3.8, 4) is 0 Å². The highest BCUT2D eigenvalue weighted by atomic mass is 32.2. The number of carbonyl (C=O) groups is 1. The molecular weight excluding hydrogens is 336 g/mol. The first-order valence-corrected chi connectivity index (χ1v) is 9.97. The Morgan fingerprint density at radius 1 is 1.36 bits per heavy atom. The second-order valence-corrected chi connectivity index (χ2v) is 8.68. The van der Waals surface area contributed by atoms with Crippen LogP contribution in [0.4, 0.5) is 0 Å². The lowest BCUT2D eigenvalue weighted by atomic mass is 9.78. The van der Waals surface area contributed by atoms with Gasteiger partial charge in [0.25, 0.3) is 0 Å². The van der Waals surface area contributed by atoms with Crippen molar-refractivity contribution in [2.45, 2.75) is 56.4 Å². The number of fused-ring (bicyclic) bond motifs is 3. The zero-order chi connectivity index (χ0) is 17.6. The van der Waals surface area contributed by atoms with Crippen molar-refractivity contribution in [3.05, 3.63) is 29.6 Å². The van der Waals surface area contributed by atoms with E-state index in [1.807, 2.05) is 6.92 Å². The van der Waals surface area contributed by atoms with Gasteiger partial charge in [-0.1, -0.05) is 22.9 Å². The predicted octanol–water partition coefficient (Wildman–Crippen LogP) is 3.00. The standard InChI is InChI=1S/C19H24N2O3S/c1-11-4-5-13-14(10-25-18-20-8-3-9-21-18)17(22)24-16(13)15-12(11)6-7-19(15,2)23/h3,8-9,13-16,23H,4-7,10H2,1-2H3/t13-,14-,15-,16-,19+/m0/s1. The molecule has 25 heavy (non-hydrogen) atoms. The molecule has 4 rings (SSSR count). The van der Waals surface area contributed by atoms with Gasteiger partial charge in [-0.2, -0.15) is 0 Å². The second kappa shape index (κ2) is 6.40. The third-order valence-corrected chi connectivity index (χ3v) is 7.10. The third kappa shape index (κ3) is 2.99. The minimum atomic E-state index is -0.783. The van der Waals surface area contributed by atoms with E-state index in [-0.39, 0.29) is 29.8 Å². The Hall–Kier alpha value is -1.40. The molecule has 0 amide bonds. The van der Waals surface area contributed by atoms with Gasteiger partial charge in [-0.15, -0.1) is 0 Å². The zero-order valence-electron chi connectivity index (χ0n) is 14.6. The van der Waals surface area contributed by atoms with E-state index in [0.717, 1.165) is 25.7 Å². The molecule has 1 N–H and O–H groups in total. The van der Waals surface area contributed by atoms with Crippen LogP contribution >= 0.6 is 11.8 Å². The number of aromatic nitrogens is 2. The number of esters is 1. The quantitative estimate of drug-likeness (QED) is 0.387. The number of rotatable bonds is 3. The van der Waals surface area contributed by atoms with E-state index >= 15 is 0 Å². The van der Waals surface area contributed by atoms with E-state index in [4.69, 9.17) is 4.74 Å². The molecular formula is C19H24N2O3S. The van der Waals surface area contributed by atoms with Crippen molar-refractivity contribution in [2.75, 3.05) is 5.75 Å². The van der Waals surface area contributed by atoms with Gasteiger partial charge in [0.15, 0.2) is 5.16 Å². The van der Waals surface area contributed by atoms with Crippen LogP contribution in [-0.2, 0) is 9.53 Å². The average molecular weight is 360 g/mol. The highest BCUT2D eigenvalue weighted by Crippen LogP contribution is 2.52. The summed E-state index contributed by atoms with van der Waals surface area (Å²) in [6, 6.07) is 1.79. The number of hydrogen-bond acceptors (Lipinski definition) is 6. The molecule has 5 nitrogen and oxygen atoms in total. The Morgan fingerprint density at radius 2 is 2.12 bits per heavy atom. The molecule has 1 saturated carbocycles. The number of carbonyl (C=O) groups excluding carboxylic acids is 1. The van der Waals surface area contributed by atoms with Crippen LogP contribution in [0.2, 0.25) is 0 Å². The molecule has 1 saturated heterocycles. The Kier molecular flexibility index (Phi) is 4.36. The van der Waals surface area contributed by atoms with Gasteiger partial charge >= 0.3 is 5.97 Å². The molecule has 0 spiro atoms. The Morgan fingerprint density at radius 3 is 2.88 bits per heavy atom. The van der Waals surface area contributed by atoms with Crippen LogP contribution in [-0.4, -0.2) is 38.5 Å². The molecule has 0 aromatic carbocycles. The summed E-state index contributed by atoms with van der Waals surface area (Å²) in [5.74, 6) is 0.466. The fourth-order valence-electron chi connectivity index (χ4n) is 4.76. The van der Waals surface area contributed by atoms with Crippen LogP contribution in [0.3, 0.4) is 0 Å². The monoisotopic (exact) mass is 360 g/mol. The van der Waals surface area contributed by atoms with Gasteiger partial charge in [0.1, 0.15) is 6.10 Å². The topological polar surface area (TPSA) is 72.3 Å². The summed E-state index contributed by atoms with van der Waals surface area (Å²) in [5.41, 5.74) is 1.92. The molecule has 2 fully saturated rings. The lowest BCUT2D eigenvalue weighted by Crippen LogP contribution is -2.41. The van der Waals surface area contributed by atoms with Crippen LogP contribution in [0.25, 0.3) is 0 Å². The van der Waals surface area contributed by atoms with Gasteiger partial charge in [-0.3, -0.25) is 4.79 Å². The molecule has 1 aromatic rings. The van der Waals surface area contributed by atoms with Gasteiger partial charge in [0.05, 0.1) is 11.5 Å². The Balaban J connectivity index is 1.56. The number of thioether (sulfide) groups is 1. The lowest BCUT2D eigenvalue weighted by Gasteiger charge is -2.32. The van der Waals surface area contributed by atoms with Crippen LogP contribution < -0.4 is 0 Å². The van der Waals surface area contributed by atoms with Crippen LogP contribution in [0.15, 0.2) is 34.8 Å². The molecule has 1 aromatic heterocycles. The number of hydrogen-bond donors (Lipinski definition) is 1. The zero-order valence-corrected chi connectivity index (χ0v) is 15.5. The maximum Gasteiger partial charge on any atom is 0.310 e. The summed E-state index contributed by atoms with van der Waals surface area (Å²) in [7, 11) is 0. The summed E-state index contributed by atoms with van der Waals surface area (Å²) >= 11 is 1.51. The van der Waals surface area contributed by atoms with Crippen molar-refractivity contribution < 1.29 is 14.6 Å². The fourth-order valence-corrected chi connectivity index (χ4v) is 5.74. The van der Waals surface area contributed by atoms with Crippen molar-refractivity contribution >= 4 is 17.7 Å². The normalized spacial score (nSPS) is 37.5. The molecule has 1 aliphatic heterocycles. The second-order valence-electron chi connectivity index (χ2n) is 7.69. The highest BCUT2D eigenvalue weighted by molar-refractivity contribution is 7.99. The van der Waals surface area contributed by atoms with Gasteiger partial charge in [-0.05, 0) is 45.6 Å². The molecule has 6 heteroatoms. The van der Waals surface area contributed by atoms with Crippen LogP contribution in [0, 0.1) is 17.8 Å². The first-order valence-electron chi connectivity index (χ1n) is 8.98. The molecule has 134 valence electrons. The average Bonchev–Trinajstić information content (AvgIpc) is 3.02. The van der Waals surface area contributed by atoms with Crippen LogP contribution in [0.5, 0.6) is 0 Å². The molecule has 0 radical (unpaired) electrons. The summed E-state index contributed by atoms with van der Waals surface area (Å²) in [5, 5.41) is 11.6. The first-order chi connectivity index (χ1) is 12.0. The first kappa shape index (κ1) is 17.0. The number of nitrogens with zero attached hydrogens (tertiary/aromatic N) is 2. The van der Waals surface area contributed by atoms with E-state index in [0.29, 0.717) is 10.9 Å². The number of allylic oxidation sites excluding steroid dienone is 1. The molecule has 5 atom stereocenters. The summed E-state index contributed by atoms with van der Waals surface area (Å²) in [4.78, 5) is 21.0. The molecule has 0 unspecified atom stereocenters. The Bertz CT molecular complexity index is 704. The van der Waals surface area contributed by atoms with Crippen LogP contribution in [0.1, 0.15) is 39.5 Å². The number of ether oxygens (including phenoxy) is 1. The van der Waals surface area contributed by atoms with Crippen molar-refractivity contribution in [1.82, 2.24) is 9.97 Å². The maximum absolute atomic E-state index is 12.6. The SMILES string of the molecule is CC1=C2CC[C@@](C)(O)[C@@H]2[C@H]2OC(=O)[C@@H](CSc3ncccn3)[C@@H]2CC1. The molecule has 2 aliphatic carbocycles. The molecule has 0 bridgehead atoms. The lowest BCUT2D eigenvalue weighted by molar-refractivity contribution is -0.147. The van der Waals surface area contributed by atoms with E-state index in [2.05, 4.69) is 16.9 Å². The largest absolute Gasteiger partial charge is 0.461 e. The fraction of sp³-hybridized carbons (Fsp3) is 0.632. The highest BCUT2D eigenvalue weighted by Gasteiger charge is 2.56. The summed E-state index contributed by atoms with van der Waals surface area (Å²) in [6.45, 7) is 4.07. The van der Waals surface area contributed by atoms with Gasteiger partial charge < -0.3 is 9.84 Å². The minimum absolute atomic E-state index is 0.0491. The van der Waals surface area contributed by atoms with Gasteiger partial charge in [-0.25, -0.2) is 9.97 Å². The molecule has 3 aliphatic rings.